The van der Waals surface area contributed by atoms with E-state index in [1.807, 2.05) is 37.3 Å². The lowest BCUT2D eigenvalue weighted by Crippen LogP contribution is -2.51. The molecule has 0 aliphatic carbocycles. The highest BCUT2D eigenvalue weighted by Gasteiger charge is 2.41. The Labute approximate surface area is 250 Å². The van der Waals surface area contributed by atoms with Gasteiger partial charge in [0.2, 0.25) is 11.8 Å². The molecule has 0 saturated carbocycles. The van der Waals surface area contributed by atoms with Crippen LogP contribution in [0.5, 0.6) is 0 Å². The zero-order valence-electron chi connectivity index (χ0n) is 22.6. The fourth-order valence-corrected chi connectivity index (χ4v) is 6.72. The SMILES string of the molecule is CCCCNC(=O)[C@@H](Cc1ccccc1)N(Cc1ccc(Cl)cc1Cl)C(=O)CCN1C(=O)c2ccccc2S1(=O)=O. The molecule has 0 bridgehead atoms. The Morgan fingerprint density at radius 1 is 1.00 bits per heavy atom. The number of hydrogen-bond donors (Lipinski definition) is 1. The molecule has 0 fully saturated rings. The van der Waals surface area contributed by atoms with Gasteiger partial charge in [-0.25, -0.2) is 12.7 Å². The summed E-state index contributed by atoms with van der Waals surface area (Å²) in [6.07, 6.45) is 1.56. The average Bonchev–Trinajstić information content (AvgIpc) is 3.15. The first-order chi connectivity index (χ1) is 19.6. The molecule has 11 heteroatoms. The number of sulfonamides is 1. The maximum Gasteiger partial charge on any atom is 0.269 e. The highest BCUT2D eigenvalue weighted by atomic mass is 35.5. The minimum Gasteiger partial charge on any atom is -0.354 e. The van der Waals surface area contributed by atoms with Gasteiger partial charge in [0.25, 0.3) is 15.9 Å². The van der Waals surface area contributed by atoms with E-state index in [0.717, 1.165) is 22.7 Å². The fourth-order valence-electron chi connectivity index (χ4n) is 4.69. The Balaban J connectivity index is 1.64. The lowest BCUT2D eigenvalue weighted by molar-refractivity contribution is -0.141. The predicted octanol–water partition coefficient (Wildman–Crippen LogP) is 5.08. The summed E-state index contributed by atoms with van der Waals surface area (Å²) in [6, 6.07) is 19.2. The van der Waals surface area contributed by atoms with Crippen LogP contribution in [0.4, 0.5) is 0 Å². The second-order valence-electron chi connectivity index (χ2n) is 9.74. The summed E-state index contributed by atoms with van der Waals surface area (Å²) >= 11 is 12.5. The van der Waals surface area contributed by atoms with E-state index in [-0.39, 0.29) is 42.3 Å². The summed E-state index contributed by atoms with van der Waals surface area (Å²) in [5, 5.41) is 3.68. The first-order valence-corrected chi connectivity index (χ1v) is 15.5. The van der Waals surface area contributed by atoms with Crippen molar-refractivity contribution >= 4 is 50.9 Å². The van der Waals surface area contributed by atoms with Crippen LogP contribution in [0.1, 0.15) is 47.7 Å². The average molecular weight is 617 g/mol. The van der Waals surface area contributed by atoms with Gasteiger partial charge in [-0.3, -0.25) is 14.4 Å². The maximum absolute atomic E-state index is 13.9. The van der Waals surface area contributed by atoms with Gasteiger partial charge < -0.3 is 10.2 Å². The van der Waals surface area contributed by atoms with Crippen LogP contribution in [0.3, 0.4) is 0 Å². The first kappa shape index (κ1) is 30.6. The van der Waals surface area contributed by atoms with Crippen molar-refractivity contribution in [3.8, 4) is 0 Å². The van der Waals surface area contributed by atoms with E-state index in [1.165, 1.54) is 17.0 Å². The van der Waals surface area contributed by atoms with E-state index >= 15 is 0 Å². The molecule has 0 unspecified atom stereocenters. The molecule has 0 radical (unpaired) electrons. The van der Waals surface area contributed by atoms with Crippen molar-refractivity contribution in [2.24, 2.45) is 0 Å². The Morgan fingerprint density at radius 3 is 2.39 bits per heavy atom. The number of nitrogens with one attached hydrogen (secondary N) is 1. The molecule has 0 spiro atoms. The Bertz CT molecular complexity index is 1530. The highest BCUT2D eigenvalue weighted by Crippen LogP contribution is 2.30. The summed E-state index contributed by atoms with van der Waals surface area (Å²) in [5.74, 6) is -1.52. The van der Waals surface area contributed by atoms with Gasteiger partial charge in [0, 0.05) is 42.5 Å². The molecule has 4 rings (SSSR count). The van der Waals surface area contributed by atoms with Crippen molar-refractivity contribution in [3.05, 3.63) is 99.5 Å². The maximum atomic E-state index is 13.9. The van der Waals surface area contributed by atoms with Crippen LogP contribution >= 0.6 is 23.2 Å². The monoisotopic (exact) mass is 615 g/mol. The van der Waals surface area contributed by atoms with Crippen LogP contribution in [-0.2, 0) is 32.6 Å². The van der Waals surface area contributed by atoms with Gasteiger partial charge in [-0.05, 0) is 41.8 Å². The number of carbonyl (C=O) groups is 3. The number of carbonyl (C=O) groups excluding carboxylic acids is 3. The lowest BCUT2D eigenvalue weighted by Gasteiger charge is -2.32. The second-order valence-corrected chi connectivity index (χ2v) is 12.4. The van der Waals surface area contributed by atoms with Crippen LogP contribution in [0.15, 0.2) is 77.7 Å². The fraction of sp³-hybridized carbons (Fsp3) is 0.300. The Kier molecular flexibility index (Phi) is 10.1. The summed E-state index contributed by atoms with van der Waals surface area (Å²) in [7, 11) is -4.09. The standard InChI is InChI=1S/C30H31Cl2N3O5S/c1-2-3-16-33-29(37)26(18-21-9-5-4-6-10-21)34(20-22-13-14-23(31)19-25(22)32)28(36)15-17-35-30(38)24-11-7-8-12-27(24)41(35,39)40/h4-14,19,26H,2-3,15-18,20H2,1H3,(H,33,37)/t26-/m1/s1. The lowest BCUT2D eigenvalue weighted by atomic mass is 10.0. The van der Waals surface area contributed by atoms with Crippen molar-refractivity contribution in [1.82, 2.24) is 14.5 Å². The molecule has 1 aliphatic heterocycles. The van der Waals surface area contributed by atoms with E-state index in [4.69, 9.17) is 23.2 Å². The van der Waals surface area contributed by atoms with Crippen LogP contribution in [-0.4, -0.2) is 54.5 Å². The van der Waals surface area contributed by atoms with Crippen LogP contribution in [0.2, 0.25) is 10.0 Å². The molecule has 0 aromatic heterocycles. The molecule has 3 aromatic rings. The number of amides is 3. The number of rotatable bonds is 12. The van der Waals surface area contributed by atoms with Gasteiger partial charge in [-0.15, -0.1) is 0 Å². The van der Waals surface area contributed by atoms with Crippen LogP contribution < -0.4 is 5.32 Å². The molecular weight excluding hydrogens is 585 g/mol. The van der Waals surface area contributed by atoms with E-state index in [0.29, 0.717) is 22.2 Å². The molecule has 3 aromatic carbocycles. The van der Waals surface area contributed by atoms with Crippen molar-refractivity contribution in [1.29, 1.82) is 0 Å². The molecule has 216 valence electrons. The van der Waals surface area contributed by atoms with Crippen LogP contribution in [0, 0.1) is 0 Å². The molecule has 1 heterocycles. The molecule has 1 aliphatic rings. The summed E-state index contributed by atoms with van der Waals surface area (Å²) in [5.41, 5.74) is 1.49. The molecule has 3 amide bonds. The molecule has 41 heavy (non-hydrogen) atoms. The Morgan fingerprint density at radius 2 is 1.71 bits per heavy atom. The van der Waals surface area contributed by atoms with Gasteiger partial charge in [0.1, 0.15) is 10.9 Å². The number of unbranched alkanes of at least 4 members (excludes halogenated alkanes) is 1. The zero-order valence-corrected chi connectivity index (χ0v) is 24.9. The van der Waals surface area contributed by atoms with Gasteiger partial charge in [0.15, 0.2) is 0 Å². The van der Waals surface area contributed by atoms with Crippen molar-refractivity contribution in [2.45, 2.75) is 50.1 Å². The number of fused-ring (bicyclic) bond motifs is 1. The summed E-state index contributed by atoms with van der Waals surface area (Å²) in [6.45, 7) is 2.07. The quantitative estimate of drug-likeness (QED) is 0.286. The van der Waals surface area contributed by atoms with Gasteiger partial charge in [0.05, 0.1) is 5.56 Å². The van der Waals surface area contributed by atoms with E-state index < -0.39 is 27.9 Å². The van der Waals surface area contributed by atoms with E-state index in [1.54, 1.807) is 30.3 Å². The van der Waals surface area contributed by atoms with Crippen LogP contribution in [0.25, 0.3) is 0 Å². The second kappa shape index (κ2) is 13.5. The normalized spacial score (nSPS) is 14.4. The van der Waals surface area contributed by atoms with Crippen molar-refractivity contribution < 1.29 is 22.8 Å². The molecule has 0 saturated heterocycles. The first-order valence-electron chi connectivity index (χ1n) is 13.3. The van der Waals surface area contributed by atoms with Gasteiger partial charge in [-0.2, -0.15) is 0 Å². The largest absolute Gasteiger partial charge is 0.354 e. The zero-order chi connectivity index (χ0) is 29.6. The van der Waals surface area contributed by atoms with E-state index in [2.05, 4.69) is 5.32 Å². The molecular formula is C30H31Cl2N3O5S. The minimum absolute atomic E-state index is 0.0194. The minimum atomic E-state index is -4.09. The Hall–Kier alpha value is -3.40. The third-order valence-electron chi connectivity index (χ3n) is 6.90. The number of benzene rings is 3. The predicted molar refractivity (Wildman–Crippen MR) is 158 cm³/mol. The summed E-state index contributed by atoms with van der Waals surface area (Å²) < 4.78 is 26.8. The molecule has 8 nitrogen and oxygen atoms in total. The van der Waals surface area contributed by atoms with Gasteiger partial charge >= 0.3 is 0 Å². The van der Waals surface area contributed by atoms with Gasteiger partial charge in [-0.1, -0.05) is 85.1 Å². The van der Waals surface area contributed by atoms with Crippen molar-refractivity contribution in [3.63, 3.8) is 0 Å². The topological polar surface area (TPSA) is 104 Å². The van der Waals surface area contributed by atoms with Crippen molar-refractivity contribution in [2.75, 3.05) is 13.1 Å². The smallest absolute Gasteiger partial charge is 0.269 e. The molecule has 1 atom stereocenters. The molecule has 1 N–H and O–H groups in total. The third-order valence-corrected chi connectivity index (χ3v) is 9.32. The van der Waals surface area contributed by atoms with E-state index in [9.17, 15) is 22.8 Å². The number of halogens is 2. The number of hydrogen-bond acceptors (Lipinski definition) is 5. The summed E-state index contributed by atoms with van der Waals surface area (Å²) in [4.78, 5) is 41.7. The number of nitrogens with zero attached hydrogens (tertiary/aromatic N) is 2. The third kappa shape index (κ3) is 7.09. The highest BCUT2D eigenvalue weighted by molar-refractivity contribution is 7.90.